The predicted molar refractivity (Wildman–Crippen MR) is 146 cm³/mol. The first kappa shape index (κ1) is 27.7. The van der Waals surface area contributed by atoms with Crippen LogP contribution in [0.25, 0.3) is 11.0 Å². The van der Waals surface area contributed by atoms with Gasteiger partial charge in [0.05, 0.1) is 24.9 Å². The van der Waals surface area contributed by atoms with Crippen LogP contribution in [0.3, 0.4) is 0 Å². The third-order valence-electron chi connectivity index (χ3n) is 7.97. The van der Waals surface area contributed by atoms with Crippen molar-refractivity contribution in [1.29, 1.82) is 5.26 Å². The van der Waals surface area contributed by atoms with Gasteiger partial charge in [0.2, 0.25) is 16.0 Å². The molecule has 5 rings (SSSR count). The van der Waals surface area contributed by atoms with Crippen LogP contribution in [0.2, 0.25) is 0 Å². The first-order valence-corrected chi connectivity index (χ1v) is 15.0. The minimum atomic E-state index is -3.50. The predicted octanol–water partition coefficient (Wildman–Crippen LogP) is 1.19. The molecule has 3 aliphatic rings. The molecule has 39 heavy (non-hydrogen) atoms. The Morgan fingerprint density at radius 1 is 1.26 bits per heavy atom. The summed E-state index contributed by atoms with van der Waals surface area (Å²) in [6, 6.07) is 2.90. The molecule has 0 bridgehead atoms. The summed E-state index contributed by atoms with van der Waals surface area (Å²) in [6.45, 7) is 5.97. The second kappa shape index (κ2) is 11.3. The maximum absolute atomic E-state index is 13.2. The zero-order valence-corrected chi connectivity index (χ0v) is 22.9. The van der Waals surface area contributed by atoms with Gasteiger partial charge < -0.3 is 15.2 Å². The largest absolute Gasteiger partial charge is 0.388 e. The Kier molecular flexibility index (Phi) is 8.02. The lowest BCUT2D eigenvalue weighted by Gasteiger charge is -2.31. The zero-order chi connectivity index (χ0) is 27.6. The number of hydrogen-bond acceptors (Lipinski definition) is 10. The third-order valence-corrected chi connectivity index (χ3v) is 9.59. The van der Waals surface area contributed by atoms with Gasteiger partial charge in [-0.05, 0) is 45.1 Å². The van der Waals surface area contributed by atoms with Crippen molar-refractivity contribution in [3.8, 4) is 6.07 Å². The van der Waals surface area contributed by atoms with Crippen molar-refractivity contribution in [1.82, 2.24) is 23.7 Å². The summed E-state index contributed by atoms with van der Waals surface area (Å²) in [5.74, 6) is 0.324. The van der Waals surface area contributed by atoms with Gasteiger partial charge in [0.25, 0.3) is 5.56 Å². The molecule has 2 aromatic rings. The van der Waals surface area contributed by atoms with Crippen molar-refractivity contribution >= 4 is 27.0 Å². The highest BCUT2D eigenvalue weighted by molar-refractivity contribution is 7.92. The molecular formula is C26H35N7O5S. The Balaban J connectivity index is 1.27. The Morgan fingerprint density at radius 3 is 2.67 bits per heavy atom. The minimum absolute atomic E-state index is 0.0120. The van der Waals surface area contributed by atoms with Crippen LogP contribution >= 0.6 is 0 Å². The van der Waals surface area contributed by atoms with E-state index in [2.05, 4.69) is 20.2 Å². The van der Waals surface area contributed by atoms with Crippen LogP contribution in [0, 0.1) is 11.3 Å². The standard InChI is InChI=1S/C26H35N7O5S/c1-26(35)7-2-4-22(26)33-23-20(16-19(17-27)24(33)34)18-28-25(30-23)29-21-5-9-32(10-6-21)39(36,37)15-3-8-31-11-13-38-14-12-31/h3,15-16,18,21-22,35H,2,4-14H2,1H3,(H,28,29,30)/b15-3+/t22-,26-/m1/s1. The van der Waals surface area contributed by atoms with Crippen molar-refractivity contribution in [2.45, 2.75) is 56.7 Å². The molecule has 0 radical (unpaired) electrons. The van der Waals surface area contributed by atoms with E-state index < -0.39 is 27.2 Å². The van der Waals surface area contributed by atoms with E-state index in [0.717, 1.165) is 19.5 Å². The summed E-state index contributed by atoms with van der Waals surface area (Å²) in [6.07, 6.45) is 6.37. The van der Waals surface area contributed by atoms with Crippen LogP contribution < -0.4 is 10.9 Å². The number of nitrogens with one attached hydrogen (secondary N) is 1. The van der Waals surface area contributed by atoms with E-state index in [1.54, 1.807) is 19.2 Å². The van der Waals surface area contributed by atoms with E-state index in [9.17, 15) is 23.6 Å². The molecule has 4 heterocycles. The number of aromatic nitrogens is 3. The van der Waals surface area contributed by atoms with Gasteiger partial charge >= 0.3 is 0 Å². The van der Waals surface area contributed by atoms with Crippen molar-refractivity contribution in [3.05, 3.63) is 39.7 Å². The lowest BCUT2D eigenvalue weighted by molar-refractivity contribution is 0.0266. The SMILES string of the molecule is C[C@@]1(O)CCC[C@H]1n1c(=O)c(C#N)cc2cnc(NC3CCN(S(=O)(=O)/C=C/CN4CCOCC4)CC3)nc21. The lowest BCUT2D eigenvalue weighted by Crippen LogP contribution is -2.42. The summed E-state index contributed by atoms with van der Waals surface area (Å²) < 4.78 is 33.9. The van der Waals surface area contributed by atoms with Crippen LogP contribution in [0.5, 0.6) is 0 Å². The highest BCUT2D eigenvalue weighted by atomic mass is 32.2. The number of piperidine rings is 1. The number of hydrogen-bond donors (Lipinski definition) is 2. The maximum Gasteiger partial charge on any atom is 0.270 e. The van der Waals surface area contributed by atoms with E-state index in [4.69, 9.17) is 4.74 Å². The highest BCUT2D eigenvalue weighted by Gasteiger charge is 2.40. The van der Waals surface area contributed by atoms with E-state index in [1.165, 1.54) is 20.3 Å². The zero-order valence-electron chi connectivity index (χ0n) is 22.1. The number of pyridine rings is 1. The molecule has 3 fully saturated rings. The van der Waals surface area contributed by atoms with Crippen LogP contribution in [0.15, 0.2) is 28.5 Å². The third kappa shape index (κ3) is 6.00. The number of sulfonamides is 1. The molecule has 210 valence electrons. The lowest BCUT2D eigenvalue weighted by atomic mass is 9.99. The van der Waals surface area contributed by atoms with Gasteiger partial charge in [-0.3, -0.25) is 14.3 Å². The average Bonchev–Trinajstić information content (AvgIpc) is 3.27. The Bertz CT molecular complexity index is 1440. The Hall–Kier alpha value is -2.89. The molecule has 0 unspecified atom stereocenters. The fourth-order valence-electron chi connectivity index (χ4n) is 5.72. The maximum atomic E-state index is 13.2. The molecule has 2 saturated heterocycles. The minimum Gasteiger partial charge on any atom is -0.388 e. The Morgan fingerprint density at radius 2 is 2.00 bits per heavy atom. The van der Waals surface area contributed by atoms with Crippen LogP contribution in [0.1, 0.15) is 50.6 Å². The molecule has 13 heteroatoms. The van der Waals surface area contributed by atoms with E-state index in [0.29, 0.717) is 75.5 Å². The normalized spacial score (nSPS) is 25.8. The van der Waals surface area contributed by atoms with Crippen molar-refractivity contribution in [2.75, 3.05) is 51.3 Å². The molecule has 2 atom stereocenters. The summed E-state index contributed by atoms with van der Waals surface area (Å²) in [5, 5.41) is 25.6. The second-order valence-corrected chi connectivity index (χ2v) is 12.5. The van der Waals surface area contributed by atoms with Gasteiger partial charge in [0.1, 0.15) is 17.3 Å². The van der Waals surface area contributed by atoms with Gasteiger partial charge in [0.15, 0.2) is 0 Å². The summed E-state index contributed by atoms with van der Waals surface area (Å²) >= 11 is 0. The summed E-state index contributed by atoms with van der Waals surface area (Å²) in [7, 11) is -3.50. The van der Waals surface area contributed by atoms with Crippen LogP contribution in [0.4, 0.5) is 5.95 Å². The molecule has 1 saturated carbocycles. The van der Waals surface area contributed by atoms with Gasteiger partial charge in [-0.2, -0.15) is 14.6 Å². The van der Waals surface area contributed by atoms with Gasteiger partial charge in [-0.1, -0.05) is 6.08 Å². The van der Waals surface area contributed by atoms with Crippen LogP contribution in [-0.4, -0.2) is 94.8 Å². The number of nitriles is 1. The molecule has 0 amide bonds. The number of ether oxygens (including phenoxy) is 1. The first-order chi connectivity index (χ1) is 18.7. The highest BCUT2D eigenvalue weighted by Crippen LogP contribution is 2.39. The van der Waals surface area contributed by atoms with Gasteiger partial charge in [-0.25, -0.2) is 13.4 Å². The number of fused-ring (bicyclic) bond motifs is 1. The molecular weight excluding hydrogens is 522 g/mol. The number of morpholine rings is 1. The topological polar surface area (TPSA) is 154 Å². The van der Waals surface area contributed by atoms with E-state index in [1.807, 2.05) is 6.07 Å². The van der Waals surface area contributed by atoms with Crippen molar-refractivity contribution < 1.29 is 18.3 Å². The molecule has 12 nitrogen and oxygen atoms in total. The fourth-order valence-corrected chi connectivity index (χ4v) is 6.94. The fraction of sp³-hybridized carbons (Fsp3) is 0.615. The Labute approximate surface area is 228 Å². The molecule has 2 N–H and O–H groups in total. The molecule has 1 aliphatic carbocycles. The average molecular weight is 558 g/mol. The van der Waals surface area contributed by atoms with E-state index in [-0.39, 0.29) is 11.6 Å². The van der Waals surface area contributed by atoms with Crippen molar-refractivity contribution in [2.24, 2.45) is 0 Å². The molecule has 2 aliphatic heterocycles. The number of nitrogens with zero attached hydrogens (tertiary/aromatic N) is 6. The van der Waals surface area contributed by atoms with Gasteiger partial charge in [-0.15, -0.1) is 0 Å². The summed E-state index contributed by atoms with van der Waals surface area (Å²) in [4.78, 5) is 24.3. The first-order valence-electron chi connectivity index (χ1n) is 13.5. The monoisotopic (exact) mass is 557 g/mol. The number of aliphatic hydroxyl groups is 1. The van der Waals surface area contributed by atoms with Crippen molar-refractivity contribution in [3.63, 3.8) is 0 Å². The number of anilines is 1. The smallest absolute Gasteiger partial charge is 0.270 e. The molecule has 0 spiro atoms. The van der Waals surface area contributed by atoms with Gasteiger partial charge in [0, 0.05) is 55.8 Å². The number of rotatable bonds is 7. The van der Waals surface area contributed by atoms with Crippen LogP contribution in [-0.2, 0) is 14.8 Å². The second-order valence-electron chi connectivity index (χ2n) is 10.7. The van der Waals surface area contributed by atoms with E-state index >= 15 is 0 Å². The molecule has 0 aromatic carbocycles. The quantitative estimate of drug-likeness (QED) is 0.507. The molecule has 2 aromatic heterocycles. The summed E-state index contributed by atoms with van der Waals surface area (Å²) in [5.41, 5.74) is -1.20.